The second-order valence-electron chi connectivity index (χ2n) is 8.14. The summed E-state index contributed by atoms with van der Waals surface area (Å²) in [6.07, 6.45) is -1.44. The van der Waals surface area contributed by atoms with E-state index in [9.17, 15) is 18.0 Å². The molecule has 1 atom stereocenters. The van der Waals surface area contributed by atoms with E-state index in [4.69, 9.17) is 4.74 Å². The van der Waals surface area contributed by atoms with Crippen LogP contribution in [-0.4, -0.2) is 51.0 Å². The zero-order valence-corrected chi connectivity index (χ0v) is 19.7. The van der Waals surface area contributed by atoms with Crippen molar-refractivity contribution in [3.63, 3.8) is 0 Å². The van der Waals surface area contributed by atoms with E-state index in [-0.39, 0.29) is 23.4 Å². The molecule has 1 aromatic heterocycles. The van der Waals surface area contributed by atoms with E-state index in [0.29, 0.717) is 22.3 Å². The third-order valence-corrected chi connectivity index (χ3v) is 6.78. The summed E-state index contributed by atoms with van der Waals surface area (Å²) in [5, 5.41) is 8.84. The Balaban J connectivity index is 1.69. The highest BCUT2D eigenvalue weighted by Crippen LogP contribution is 2.34. The molecule has 0 saturated carbocycles. The van der Waals surface area contributed by atoms with E-state index in [1.54, 1.807) is 42.0 Å². The lowest BCUT2D eigenvalue weighted by Gasteiger charge is -2.33. The summed E-state index contributed by atoms with van der Waals surface area (Å²) >= 11 is 1.17. The van der Waals surface area contributed by atoms with Crippen molar-refractivity contribution in [2.45, 2.75) is 43.6 Å². The minimum absolute atomic E-state index is 0.0122. The first-order valence-corrected chi connectivity index (χ1v) is 12.0. The molecule has 2 heterocycles. The Labute approximate surface area is 200 Å². The first-order chi connectivity index (χ1) is 16.3. The second-order valence-corrected chi connectivity index (χ2v) is 9.08. The molecule has 10 heteroatoms. The minimum Gasteiger partial charge on any atom is -0.497 e. The first kappa shape index (κ1) is 24.1. The molecule has 180 valence electrons. The van der Waals surface area contributed by atoms with E-state index in [2.05, 4.69) is 10.2 Å². The fourth-order valence-electron chi connectivity index (χ4n) is 4.02. The van der Waals surface area contributed by atoms with Crippen molar-refractivity contribution in [3.05, 3.63) is 54.1 Å². The Bertz CT molecular complexity index is 1150. The smallest absolute Gasteiger partial charge is 0.416 e. The van der Waals surface area contributed by atoms with Crippen LogP contribution in [0.25, 0.3) is 17.1 Å². The molecular weight excluding hydrogens is 465 g/mol. The van der Waals surface area contributed by atoms with E-state index >= 15 is 0 Å². The van der Waals surface area contributed by atoms with Gasteiger partial charge in [-0.15, -0.1) is 10.2 Å². The first-order valence-electron chi connectivity index (χ1n) is 11.0. The normalized spacial score (nSPS) is 16.5. The van der Waals surface area contributed by atoms with Crippen LogP contribution >= 0.6 is 11.8 Å². The number of halogens is 3. The summed E-state index contributed by atoms with van der Waals surface area (Å²) in [7, 11) is 1.55. The highest BCUT2D eigenvalue weighted by atomic mass is 32.2. The molecule has 1 aliphatic rings. The Hall–Kier alpha value is -3.01. The molecule has 1 unspecified atom stereocenters. The second kappa shape index (κ2) is 10.1. The molecule has 0 N–H and O–H groups in total. The standard InChI is InChI=1S/C24H25F3N4O2S/c1-16-6-3-4-13-30(16)21(32)15-34-23-29-28-22(17-9-11-20(33-2)12-10-17)31(23)19-8-5-7-18(14-19)24(25,26)27/h5,7-12,14,16H,3-4,6,13,15H2,1-2H3. The maximum absolute atomic E-state index is 13.4. The maximum atomic E-state index is 13.4. The number of carbonyl (C=O) groups excluding carboxylic acids is 1. The zero-order chi connectivity index (χ0) is 24.3. The van der Waals surface area contributed by atoms with Crippen LogP contribution in [0.15, 0.2) is 53.7 Å². The zero-order valence-electron chi connectivity index (χ0n) is 18.9. The van der Waals surface area contributed by atoms with E-state index in [0.717, 1.165) is 37.9 Å². The molecule has 1 aliphatic heterocycles. The summed E-state index contributed by atoms with van der Waals surface area (Å²) in [5.74, 6) is 1.14. The number of methoxy groups -OCH3 is 1. The highest BCUT2D eigenvalue weighted by Gasteiger charge is 2.31. The molecule has 6 nitrogen and oxygen atoms in total. The number of nitrogens with zero attached hydrogens (tertiary/aromatic N) is 4. The monoisotopic (exact) mass is 490 g/mol. The topological polar surface area (TPSA) is 60.3 Å². The fraction of sp³-hybridized carbons (Fsp3) is 0.375. The van der Waals surface area contributed by atoms with Crippen LogP contribution in [0.2, 0.25) is 0 Å². The van der Waals surface area contributed by atoms with Gasteiger partial charge < -0.3 is 9.64 Å². The number of piperidine rings is 1. The van der Waals surface area contributed by atoms with Gasteiger partial charge in [0, 0.05) is 18.2 Å². The summed E-state index contributed by atoms with van der Waals surface area (Å²) in [6, 6.07) is 12.2. The van der Waals surface area contributed by atoms with Crippen molar-refractivity contribution >= 4 is 17.7 Å². The van der Waals surface area contributed by atoms with E-state index in [1.165, 1.54) is 17.8 Å². The molecule has 0 bridgehead atoms. The van der Waals surface area contributed by atoms with Crippen LogP contribution in [0.3, 0.4) is 0 Å². The van der Waals surface area contributed by atoms with Crippen LogP contribution in [0.5, 0.6) is 5.75 Å². The van der Waals surface area contributed by atoms with Gasteiger partial charge in [0.15, 0.2) is 11.0 Å². The molecule has 3 aromatic rings. The van der Waals surface area contributed by atoms with Gasteiger partial charge in [0.1, 0.15) is 5.75 Å². The minimum atomic E-state index is -4.49. The average Bonchev–Trinajstić information content (AvgIpc) is 3.26. The molecule has 0 spiro atoms. The Morgan fingerprint density at radius 3 is 2.59 bits per heavy atom. The van der Waals surface area contributed by atoms with Crippen molar-refractivity contribution in [2.24, 2.45) is 0 Å². The lowest BCUT2D eigenvalue weighted by Crippen LogP contribution is -2.42. The molecule has 0 aliphatic carbocycles. The Kier molecular flexibility index (Phi) is 7.16. The van der Waals surface area contributed by atoms with Crippen LogP contribution < -0.4 is 4.74 Å². The fourth-order valence-corrected chi connectivity index (χ4v) is 4.86. The van der Waals surface area contributed by atoms with Gasteiger partial charge in [-0.05, 0) is 68.7 Å². The average molecular weight is 491 g/mol. The number of ether oxygens (including phenoxy) is 1. The molecular formula is C24H25F3N4O2S. The third kappa shape index (κ3) is 5.22. The SMILES string of the molecule is COc1ccc(-c2nnc(SCC(=O)N3CCCCC3C)n2-c2cccc(C(F)(F)F)c2)cc1. The van der Waals surface area contributed by atoms with Gasteiger partial charge >= 0.3 is 6.18 Å². The maximum Gasteiger partial charge on any atom is 0.416 e. The number of hydrogen-bond acceptors (Lipinski definition) is 5. The largest absolute Gasteiger partial charge is 0.497 e. The molecule has 34 heavy (non-hydrogen) atoms. The van der Waals surface area contributed by atoms with Gasteiger partial charge in [-0.1, -0.05) is 17.8 Å². The molecule has 2 aromatic carbocycles. The number of amides is 1. The lowest BCUT2D eigenvalue weighted by atomic mass is 10.0. The van der Waals surface area contributed by atoms with Crippen LogP contribution in [0.4, 0.5) is 13.2 Å². The Morgan fingerprint density at radius 2 is 1.91 bits per heavy atom. The number of benzene rings is 2. The number of carbonyl (C=O) groups is 1. The van der Waals surface area contributed by atoms with Crippen molar-refractivity contribution in [1.29, 1.82) is 0 Å². The molecule has 0 radical (unpaired) electrons. The van der Waals surface area contributed by atoms with Crippen molar-refractivity contribution < 1.29 is 22.7 Å². The van der Waals surface area contributed by atoms with Gasteiger partial charge in [0.25, 0.3) is 0 Å². The summed E-state index contributed by atoms with van der Waals surface area (Å²) in [6.45, 7) is 2.76. The van der Waals surface area contributed by atoms with Crippen LogP contribution in [0.1, 0.15) is 31.7 Å². The lowest BCUT2D eigenvalue weighted by molar-refractivity contribution is -0.137. The van der Waals surface area contributed by atoms with Gasteiger partial charge in [0.05, 0.1) is 24.1 Å². The number of rotatable bonds is 6. The van der Waals surface area contributed by atoms with E-state index < -0.39 is 11.7 Å². The van der Waals surface area contributed by atoms with Crippen molar-refractivity contribution in [2.75, 3.05) is 19.4 Å². The number of thioether (sulfide) groups is 1. The predicted octanol–water partition coefficient (Wildman–Crippen LogP) is 5.45. The molecule has 1 amide bonds. The summed E-state index contributed by atoms with van der Waals surface area (Å²) < 4.78 is 47.0. The van der Waals surface area contributed by atoms with Gasteiger partial charge in [-0.25, -0.2) is 0 Å². The van der Waals surface area contributed by atoms with Crippen molar-refractivity contribution in [3.8, 4) is 22.8 Å². The van der Waals surface area contributed by atoms with Gasteiger partial charge in [-0.3, -0.25) is 9.36 Å². The quantitative estimate of drug-likeness (QED) is 0.430. The third-order valence-electron chi connectivity index (χ3n) is 5.86. The Morgan fingerprint density at radius 1 is 1.15 bits per heavy atom. The number of alkyl halides is 3. The molecule has 1 fully saturated rings. The highest BCUT2D eigenvalue weighted by molar-refractivity contribution is 7.99. The number of hydrogen-bond donors (Lipinski definition) is 0. The van der Waals surface area contributed by atoms with Crippen LogP contribution in [0, 0.1) is 0 Å². The summed E-state index contributed by atoms with van der Waals surface area (Å²) in [5.41, 5.74) is 0.161. The number of aromatic nitrogens is 3. The van der Waals surface area contributed by atoms with Gasteiger partial charge in [-0.2, -0.15) is 13.2 Å². The van der Waals surface area contributed by atoms with Crippen molar-refractivity contribution in [1.82, 2.24) is 19.7 Å². The van der Waals surface area contributed by atoms with Gasteiger partial charge in [0.2, 0.25) is 5.91 Å². The van der Waals surface area contributed by atoms with Crippen LogP contribution in [-0.2, 0) is 11.0 Å². The number of likely N-dealkylation sites (tertiary alicyclic amines) is 1. The predicted molar refractivity (Wildman–Crippen MR) is 124 cm³/mol. The van der Waals surface area contributed by atoms with E-state index in [1.807, 2.05) is 11.8 Å². The molecule has 4 rings (SSSR count). The summed E-state index contributed by atoms with van der Waals surface area (Å²) in [4.78, 5) is 14.7. The molecule has 1 saturated heterocycles.